The molecule has 0 aliphatic heterocycles. The molecular formula is C14H12FNO3. The van der Waals surface area contributed by atoms with Gasteiger partial charge in [-0.15, -0.1) is 0 Å². The number of carbonyl (C=O) groups is 1. The van der Waals surface area contributed by atoms with Gasteiger partial charge in [0.05, 0.1) is 11.3 Å². The van der Waals surface area contributed by atoms with Crippen molar-refractivity contribution in [3.63, 3.8) is 0 Å². The van der Waals surface area contributed by atoms with Crippen LogP contribution in [0.15, 0.2) is 36.5 Å². The number of nitrogens with zero attached hydrogens (tertiary/aromatic N) is 1. The summed E-state index contributed by atoms with van der Waals surface area (Å²) >= 11 is 0. The molecule has 0 amide bonds. The van der Waals surface area contributed by atoms with Gasteiger partial charge in [0, 0.05) is 11.8 Å². The van der Waals surface area contributed by atoms with E-state index < -0.39 is 11.8 Å². The molecule has 0 unspecified atom stereocenters. The lowest BCUT2D eigenvalue weighted by Crippen LogP contribution is -2.04. The highest BCUT2D eigenvalue weighted by atomic mass is 19.1. The number of hydrogen-bond donors (Lipinski definition) is 1. The van der Waals surface area contributed by atoms with E-state index in [1.807, 2.05) is 0 Å². The second-order valence-corrected chi connectivity index (χ2v) is 3.99. The molecule has 19 heavy (non-hydrogen) atoms. The zero-order valence-corrected chi connectivity index (χ0v) is 10.3. The first kappa shape index (κ1) is 13.0. The molecule has 0 aliphatic rings. The van der Waals surface area contributed by atoms with Gasteiger partial charge in [-0.05, 0) is 37.3 Å². The number of ether oxygens (including phenoxy) is 1. The summed E-state index contributed by atoms with van der Waals surface area (Å²) in [5.74, 6) is -1.05. The van der Waals surface area contributed by atoms with Gasteiger partial charge in [-0.3, -0.25) is 4.98 Å². The molecule has 1 N–H and O–H groups in total. The van der Waals surface area contributed by atoms with E-state index in [2.05, 4.69) is 4.98 Å². The van der Waals surface area contributed by atoms with Crippen molar-refractivity contribution in [1.82, 2.24) is 4.98 Å². The summed E-state index contributed by atoms with van der Waals surface area (Å²) in [4.78, 5) is 14.9. The predicted octanol–water partition coefficient (Wildman–Crippen LogP) is 2.81. The first-order valence-corrected chi connectivity index (χ1v) is 5.64. The second kappa shape index (κ2) is 5.48. The Labute approximate surface area is 109 Å². The van der Waals surface area contributed by atoms with Crippen LogP contribution >= 0.6 is 0 Å². The number of hydrogen-bond acceptors (Lipinski definition) is 3. The number of rotatable bonds is 4. The Morgan fingerprint density at radius 1 is 1.42 bits per heavy atom. The predicted molar refractivity (Wildman–Crippen MR) is 66.7 cm³/mol. The van der Waals surface area contributed by atoms with Crippen molar-refractivity contribution < 1.29 is 19.0 Å². The van der Waals surface area contributed by atoms with Gasteiger partial charge in [-0.1, -0.05) is 0 Å². The summed E-state index contributed by atoms with van der Waals surface area (Å²) in [6, 6.07) is 7.05. The SMILES string of the molecule is Cc1ncccc1OCc1cc(C(=O)O)ccc1F. The lowest BCUT2D eigenvalue weighted by atomic mass is 10.1. The second-order valence-electron chi connectivity index (χ2n) is 3.99. The number of carboxylic acid groups (broad SMARTS) is 1. The third-order valence-electron chi connectivity index (χ3n) is 2.63. The van der Waals surface area contributed by atoms with E-state index in [0.29, 0.717) is 11.4 Å². The molecule has 0 aliphatic carbocycles. The highest BCUT2D eigenvalue weighted by molar-refractivity contribution is 5.87. The van der Waals surface area contributed by atoms with Gasteiger partial charge in [0.25, 0.3) is 0 Å². The third kappa shape index (κ3) is 3.07. The Hall–Kier alpha value is -2.43. The minimum Gasteiger partial charge on any atom is -0.487 e. The average Bonchev–Trinajstić information content (AvgIpc) is 2.39. The number of aryl methyl sites for hydroxylation is 1. The van der Waals surface area contributed by atoms with Crippen molar-refractivity contribution in [2.24, 2.45) is 0 Å². The van der Waals surface area contributed by atoms with E-state index in [9.17, 15) is 9.18 Å². The van der Waals surface area contributed by atoms with Crippen LogP contribution in [0.4, 0.5) is 4.39 Å². The fourth-order valence-electron chi connectivity index (χ4n) is 1.60. The molecule has 4 nitrogen and oxygen atoms in total. The van der Waals surface area contributed by atoms with Gasteiger partial charge >= 0.3 is 5.97 Å². The molecule has 5 heteroatoms. The molecule has 0 bridgehead atoms. The highest BCUT2D eigenvalue weighted by Crippen LogP contribution is 2.18. The Balaban J connectivity index is 2.17. The summed E-state index contributed by atoms with van der Waals surface area (Å²) in [5, 5.41) is 8.86. The Bertz CT molecular complexity index is 613. The summed E-state index contributed by atoms with van der Waals surface area (Å²) in [7, 11) is 0. The summed E-state index contributed by atoms with van der Waals surface area (Å²) in [6.07, 6.45) is 1.63. The van der Waals surface area contributed by atoms with Crippen molar-refractivity contribution in [2.75, 3.05) is 0 Å². The molecule has 0 saturated heterocycles. The summed E-state index contributed by atoms with van der Waals surface area (Å²) < 4.78 is 19.0. The fraction of sp³-hybridized carbons (Fsp3) is 0.143. The maximum Gasteiger partial charge on any atom is 0.335 e. The topological polar surface area (TPSA) is 59.4 Å². The van der Waals surface area contributed by atoms with Crippen LogP contribution in [0, 0.1) is 12.7 Å². The van der Waals surface area contributed by atoms with Crippen LogP contribution in [-0.4, -0.2) is 16.1 Å². The number of carboxylic acids is 1. The van der Waals surface area contributed by atoms with E-state index >= 15 is 0 Å². The largest absolute Gasteiger partial charge is 0.487 e. The van der Waals surface area contributed by atoms with E-state index in [-0.39, 0.29) is 17.7 Å². The first-order chi connectivity index (χ1) is 9.08. The minimum absolute atomic E-state index is 0.0305. The molecule has 1 aromatic heterocycles. The van der Waals surface area contributed by atoms with E-state index in [4.69, 9.17) is 9.84 Å². The number of benzene rings is 1. The zero-order valence-electron chi connectivity index (χ0n) is 10.3. The number of aromatic carboxylic acids is 1. The first-order valence-electron chi connectivity index (χ1n) is 5.64. The molecular weight excluding hydrogens is 249 g/mol. The van der Waals surface area contributed by atoms with Crippen LogP contribution < -0.4 is 4.74 Å². The van der Waals surface area contributed by atoms with Crippen molar-refractivity contribution in [2.45, 2.75) is 13.5 Å². The van der Waals surface area contributed by atoms with Crippen LogP contribution in [0.2, 0.25) is 0 Å². The van der Waals surface area contributed by atoms with Crippen molar-refractivity contribution in [3.8, 4) is 5.75 Å². The van der Waals surface area contributed by atoms with Crippen molar-refractivity contribution in [3.05, 3.63) is 59.2 Å². The molecule has 2 aromatic rings. The van der Waals surface area contributed by atoms with Crippen molar-refractivity contribution in [1.29, 1.82) is 0 Å². The van der Waals surface area contributed by atoms with Gasteiger partial charge in [0.2, 0.25) is 0 Å². The average molecular weight is 261 g/mol. The molecule has 0 radical (unpaired) electrons. The van der Waals surface area contributed by atoms with E-state index in [1.165, 1.54) is 12.1 Å². The quantitative estimate of drug-likeness (QED) is 0.919. The molecule has 0 atom stereocenters. The molecule has 1 heterocycles. The Morgan fingerprint density at radius 2 is 2.21 bits per heavy atom. The number of halogens is 1. The monoisotopic (exact) mass is 261 g/mol. The van der Waals surface area contributed by atoms with E-state index in [0.717, 1.165) is 6.07 Å². The molecule has 2 rings (SSSR count). The number of aromatic nitrogens is 1. The van der Waals surface area contributed by atoms with Gasteiger partial charge in [0.1, 0.15) is 18.2 Å². The maximum absolute atomic E-state index is 13.5. The standard InChI is InChI=1S/C14H12FNO3/c1-9-13(3-2-6-16-9)19-8-11-7-10(14(17)18)4-5-12(11)15/h2-7H,8H2,1H3,(H,17,18). The normalized spacial score (nSPS) is 10.2. The van der Waals surface area contributed by atoms with Gasteiger partial charge in [0.15, 0.2) is 0 Å². The van der Waals surface area contributed by atoms with Crippen LogP contribution in [0.25, 0.3) is 0 Å². The maximum atomic E-state index is 13.5. The Kier molecular flexibility index (Phi) is 3.75. The smallest absolute Gasteiger partial charge is 0.335 e. The van der Waals surface area contributed by atoms with Gasteiger partial charge in [-0.2, -0.15) is 0 Å². The minimum atomic E-state index is -1.10. The lowest BCUT2D eigenvalue weighted by molar-refractivity contribution is 0.0696. The van der Waals surface area contributed by atoms with Crippen LogP contribution in [0.5, 0.6) is 5.75 Å². The van der Waals surface area contributed by atoms with Gasteiger partial charge in [-0.25, -0.2) is 9.18 Å². The highest BCUT2D eigenvalue weighted by Gasteiger charge is 2.09. The molecule has 1 aromatic carbocycles. The lowest BCUT2D eigenvalue weighted by Gasteiger charge is -2.09. The van der Waals surface area contributed by atoms with Crippen LogP contribution in [0.3, 0.4) is 0 Å². The summed E-state index contributed by atoms with van der Waals surface area (Å²) in [5.41, 5.74) is 0.920. The van der Waals surface area contributed by atoms with Crippen molar-refractivity contribution >= 4 is 5.97 Å². The summed E-state index contributed by atoms with van der Waals surface area (Å²) in [6.45, 7) is 1.73. The third-order valence-corrected chi connectivity index (χ3v) is 2.63. The zero-order chi connectivity index (χ0) is 13.8. The molecule has 0 saturated carbocycles. The molecule has 98 valence electrons. The molecule has 0 spiro atoms. The van der Waals surface area contributed by atoms with E-state index in [1.54, 1.807) is 25.3 Å². The van der Waals surface area contributed by atoms with Gasteiger partial charge < -0.3 is 9.84 Å². The van der Waals surface area contributed by atoms with Crippen LogP contribution in [-0.2, 0) is 6.61 Å². The fourth-order valence-corrected chi connectivity index (χ4v) is 1.60. The van der Waals surface area contributed by atoms with Crippen LogP contribution in [0.1, 0.15) is 21.6 Å². The molecule has 0 fully saturated rings. The Morgan fingerprint density at radius 3 is 2.89 bits per heavy atom. The number of pyridine rings is 1.